The van der Waals surface area contributed by atoms with Crippen molar-refractivity contribution < 1.29 is 17.6 Å². The van der Waals surface area contributed by atoms with E-state index in [1.807, 2.05) is 0 Å². The predicted molar refractivity (Wildman–Crippen MR) is 74.6 cm³/mol. The molecule has 112 valence electrons. The number of benzene rings is 2. The van der Waals surface area contributed by atoms with Gasteiger partial charge in [0.25, 0.3) is 0 Å². The van der Waals surface area contributed by atoms with Crippen LogP contribution in [-0.2, 0) is 12.7 Å². The van der Waals surface area contributed by atoms with E-state index in [-0.39, 0.29) is 17.3 Å². The number of nitrogen functional groups attached to an aromatic ring is 1. The SMILES string of the molecule is Nc1cc(F)c(Cl)cc1NCc1ccc(C(F)(F)F)cc1. The van der Waals surface area contributed by atoms with Gasteiger partial charge in [-0.1, -0.05) is 23.7 Å². The van der Waals surface area contributed by atoms with Gasteiger partial charge in [0.2, 0.25) is 0 Å². The minimum atomic E-state index is -4.36. The highest BCUT2D eigenvalue weighted by molar-refractivity contribution is 6.31. The van der Waals surface area contributed by atoms with Crippen LogP contribution in [0.2, 0.25) is 5.02 Å². The first-order chi connectivity index (χ1) is 9.77. The number of alkyl halides is 3. The number of hydrogen-bond acceptors (Lipinski definition) is 2. The highest BCUT2D eigenvalue weighted by Crippen LogP contribution is 2.30. The molecule has 0 fully saturated rings. The Morgan fingerprint density at radius 2 is 1.71 bits per heavy atom. The fourth-order valence-electron chi connectivity index (χ4n) is 1.72. The maximum atomic E-state index is 13.1. The number of anilines is 2. The van der Waals surface area contributed by atoms with Crippen molar-refractivity contribution in [2.75, 3.05) is 11.1 Å². The van der Waals surface area contributed by atoms with Gasteiger partial charge in [0, 0.05) is 12.6 Å². The summed E-state index contributed by atoms with van der Waals surface area (Å²) in [4.78, 5) is 0. The Kier molecular flexibility index (Phi) is 4.27. The number of hydrogen-bond donors (Lipinski definition) is 2. The summed E-state index contributed by atoms with van der Waals surface area (Å²) in [6, 6.07) is 7.12. The lowest BCUT2D eigenvalue weighted by Gasteiger charge is -2.11. The third-order valence-electron chi connectivity index (χ3n) is 2.86. The van der Waals surface area contributed by atoms with E-state index >= 15 is 0 Å². The molecule has 0 aromatic heterocycles. The molecule has 0 atom stereocenters. The average Bonchev–Trinajstić information content (AvgIpc) is 2.41. The van der Waals surface area contributed by atoms with Crippen molar-refractivity contribution in [2.24, 2.45) is 0 Å². The molecule has 2 nitrogen and oxygen atoms in total. The van der Waals surface area contributed by atoms with Gasteiger partial charge in [-0.25, -0.2) is 4.39 Å². The van der Waals surface area contributed by atoms with Crippen molar-refractivity contribution in [2.45, 2.75) is 12.7 Å². The molecule has 0 aliphatic heterocycles. The van der Waals surface area contributed by atoms with Crippen molar-refractivity contribution in [3.63, 3.8) is 0 Å². The van der Waals surface area contributed by atoms with Crippen LogP contribution in [0.4, 0.5) is 28.9 Å². The van der Waals surface area contributed by atoms with Gasteiger partial charge in [-0.2, -0.15) is 13.2 Å². The van der Waals surface area contributed by atoms with Crippen molar-refractivity contribution in [1.82, 2.24) is 0 Å². The molecule has 0 unspecified atom stereocenters. The average molecular weight is 319 g/mol. The van der Waals surface area contributed by atoms with Crippen LogP contribution in [0.15, 0.2) is 36.4 Å². The van der Waals surface area contributed by atoms with Gasteiger partial charge < -0.3 is 11.1 Å². The Morgan fingerprint density at radius 1 is 1.10 bits per heavy atom. The molecule has 21 heavy (non-hydrogen) atoms. The summed E-state index contributed by atoms with van der Waals surface area (Å²) in [6.45, 7) is 0.240. The summed E-state index contributed by atoms with van der Waals surface area (Å²) in [5.74, 6) is -0.630. The number of halogens is 5. The van der Waals surface area contributed by atoms with Crippen LogP contribution in [0.25, 0.3) is 0 Å². The molecule has 0 bridgehead atoms. The Morgan fingerprint density at radius 3 is 2.29 bits per heavy atom. The molecule has 0 radical (unpaired) electrons. The Balaban J connectivity index is 2.08. The molecule has 2 rings (SSSR count). The maximum absolute atomic E-state index is 13.1. The molecule has 2 aromatic carbocycles. The quantitative estimate of drug-likeness (QED) is 0.636. The molecule has 7 heteroatoms. The van der Waals surface area contributed by atoms with E-state index in [1.165, 1.54) is 18.2 Å². The highest BCUT2D eigenvalue weighted by atomic mass is 35.5. The highest BCUT2D eigenvalue weighted by Gasteiger charge is 2.29. The second kappa shape index (κ2) is 5.81. The third kappa shape index (κ3) is 3.78. The largest absolute Gasteiger partial charge is 0.416 e. The molecule has 0 saturated heterocycles. The van der Waals surface area contributed by atoms with Gasteiger partial charge in [-0.15, -0.1) is 0 Å². The van der Waals surface area contributed by atoms with Crippen LogP contribution in [0, 0.1) is 5.82 Å². The van der Waals surface area contributed by atoms with Crippen LogP contribution in [0.5, 0.6) is 0 Å². The van der Waals surface area contributed by atoms with Crippen LogP contribution >= 0.6 is 11.6 Å². The molecule has 2 aromatic rings. The Bertz CT molecular complexity index is 639. The lowest BCUT2D eigenvalue weighted by atomic mass is 10.1. The van der Waals surface area contributed by atoms with Crippen LogP contribution in [0.3, 0.4) is 0 Å². The molecule has 0 aliphatic carbocycles. The summed E-state index contributed by atoms with van der Waals surface area (Å²) in [5.41, 5.74) is 6.13. The Labute approximate surface area is 123 Å². The van der Waals surface area contributed by atoms with Crippen molar-refractivity contribution in [1.29, 1.82) is 0 Å². The standard InChI is InChI=1S/C14H11ClF4N2/c15-10-5-13(12(20)6-11(10)16)21-7-8-1-3-9(4-2-8)14(17,18)19/h1-6,21H,7,20H2. The second-order valence-electron chi connectivity index (χ2n) is 4.40. The summed E-state index contributed by atoms with van der Waals surface area (Å²) in [7, 11) is 0. The second-order valence-corrected chi connectivity index (χ2v) is 4.81. The molecule has 0 aliphatic rings. The van der Waals surface area contributed by atoms with Gasteiger partial charge in [0.15, 0.2) is 0 Å². The first kappa shape index (κ1) is 15.4. The fourth-order valence-corrected chi connectivity index (χ4v) is 1.89. The zero-order chi connectivity index (χ0) is 15.6. The predicted octanol–water partition coefficient (Wildman–Crippen LogP) is 4.69. The molecule has 0 spiro atoms. The summed E-state index contributed by atoms with van der Waals surface area (Å²) in [5, 5.41) is 2.81. The van der Waals surface area contributed by atoms with Gasteiger partial charge >= 0.3 is 6.18 Å². The van der Waals surface area contributed by atoms with Crippen molar-refractivity contribution in [3.8, 4) is 0 Å². The molecule has 0 saturated carbocycles. The van der Waals surface area contributed by atoms with Crippen LogP contribution < -0.4 is 11.1 Å². The minimum Gasteiger partial charge on any atom is -0.397 e. The van der Waals surface area contributed by atoms with E-state index in [2.05, 4.69) is 5.32 Å². The summed E-state index contributed by atoms with van der Waals surface area (Å²) in [6.07, 6.45) is -4.36. The van der Waals surface area contributed by atoms with E-state index in [4.69, 9.17) is 17.3 Å². The minimum absolute atomic E-state index is 0.0841. The number of rotatable bonds is 3. The normalized spacial score (nSPS) is 11.5. The lowest BCUT2D eigenvalue weighted by Crippen LogP contribution is -2.06. The van der Waals surface area contributed by atoms with Crippen molar-refractivity contribution in [3.05, 3.63) is 58.4 Å². The topological polar surface area (TPSA) is 38.0 Å². The Hall–Kier alpha value is -1.95. The smallest absolute Gasteiger partial charge is 0.397 e. The molecular weight excluding hydrogens is 308 g/mol. The zero-order valence-corrected chi connectivity index (χ0v) is 11.4. The monoisotopic (exact) mass is 318 g/mol. The van der Waals surface area contributed by atoms with E-state index in [0.717, 1.165) is 18.2 Å². The third-order valence-corrected chi connectivity index (χ3v) is 3.15. The molecule has 0 heterocycles. The van der Waals surface area contributed by atoms with E-state index in [9.17, 15) is 17.6 Å². The number of nitrogens with two attached hydrogens (primary N) is 1. The summed E-state index contributed by atoms with van der Waals surface area (Å²) < 4.78 is 50.4. The van der Waals surface area contributed by atoms with Crippen LogP contribution in [0.1, 0.15) is 11.1 Å². The van der Waals surface area contributed by atoms with Crippen molar-refractivity contribution >= 4 is 23.0 Å². The summed E-state index contributed by atoms with van der Waals surface area (Å²) >= 11 is 5.64. The molecule has 0 amide bonds. The molecule has 3 N–H and O–H groups in total. The number of nitrogens with one attached hydrogen (secondary N) is 1. The van der Waals surface area contributed by atoms with E-state index < -0.39 is 17.6 Å². The van der Waals surface area contributed by atoms with Gasteiger partial charge in [0.1, 0.15) is 5.82 Å². The molecular formula is C14H11ClF4N2. The van der Waals surface area contributed by atoms with Gasteiger partial charge in [-0.3, -0.25) is 0 Å². The van der Waals surface area contributed by atoms with Gasteiger partial charge in [-0.05, 0) is 23.8 Å². The lowest BCUT2D eigenvalue weighted by molar-refractivity contribution is -0.137. The van der Waals surface area contributed by atoms with E-state index in [0.29, 0.717) is 11.3 Å². The maximum Gasteiger partial charge on any atom is 0.416 e. The van der Waals surface area contributed by atoms with E-state index in [1.54, 1.807) is 0 Å². The first-order valence-corrected chi connectivity index (χ1v) is 6.29. The van der Waals surface area contributed by atoms with Gasteiger partial charge in [0.05, 0.1) is 22.0 Å². The first-order valence-electron chi connectivity index (χ1n) is 5.92. The fraction of sp³-hybridized carbons (Fsp3) is 0.143. The van der Waals surface area contributed by atoms with Crippen LogP contribution in [-0.4, -0.2) is 0 Å². The zero-order valence-electron chi connectivity index (χ0n) is 10.6.